The summed E-state index contributed by atoms with van der Waals surface area (Å²) in [4.78, 5) is 55.4. The van der Waals surface area contributed by atoms with E-state index in [2.05, 4.69) is 122 Å². The summed E-state index contributed by atoms with van der Waals surface area (Å²) in [6.45, 7) is 25.5. The lowest BCUT2D eigenvalue weighted by molar-refractivity contribution is -0.133. The molecule has 0 spiro atoms. The van der Waals surface area contributed by atoms with Crippen LogP contribution in [0.5, 0.6) is 0 Å². The van der Waals surface area contributed by atoms with Crippen LogP contribution in [-0.4, -0.2) is 130 Å². The van der Waals surface area contributed by atoms with E-state index in [4.69, 9.17) is 4.98 Å². The Hall–Kier alpha value is -6.75. The molecular formula is C60H78N10O3. The van der Waals surface area contributed by atoms with E-state index < -0.39 is 0 Å². The topological polar surface area (TPSA) is 134 Å². The Morgan fingerprint density at radius 3 is 2.00 bits per heavy atom. The summed E-state index contributed by atoms with van der Waals surface area (Å²) in [7, 11) is 0. The summed E-state index contributed by atoms with van der Waals surface area (Å²) in [5, 5.41) is 14.6. The molecule has 2 aromatic carbocycles. The van der Waals surface area contributed by atoms with Gasteiger partial charge in [-0.2, -0.15) is 10.4 Å². The number of piperazine rings is 2. The van der Waals surface area contributed by atoms with Gasteiger partial charge in [-0.25, -0.2) is 9.50 Å². The highest BCUT2D eigenvalue weighted by atomic mass is 16.2. The highest BCUT2D eigenvalue weighted by molar-refractivity contribution is 5.88. The molecule has 73 heavy (non-hydrogen) atoms. The molecule has 13 nitrogen and oxygen atoms in total. The molecular weight excluding hydrogens is 909 g/mol. The second-order valence-electron chi connectivity index (χ2n) is 19.0. The molecule has 3 aliphatic rings. The molecule has 1 unspecified atom stereocenters. The maximum atomic E-state index is 13.3. The van der Waals surface area contributed by atoms with Gasteiger partial charge in [0.15, 0.2) is 0 Å². The van der Waals surface area contributed by atoms with E-state index in [1.165, 1.54) is 11.1 Å². The number of nitriles is 1. The summed E-state index contributed by atoms with van der Waals surface area (Å²) in [6.07, 6.45) is 11.8. The molecule has 9 rings (SSSR count). The summed E-state index contributed by atoms with van der Waals surface area (Å²) >= 11 is 0. The van der Waals surface area contributed by atoms with Crippen molar-refractivity contribution in [2.75, 3.05) is 88.3 Å². The minimum Gasteiger partial charge on any atom is -0.368 e. The van der Waals surface area contributed by atoms with Crippen molar-refractivity contribution in [2.24, 2.45) is 5.92 Å². The SMILES string of the molecule is CC.CC.CC(=O)CCC(C)C(C)=O.Cc1ccc(C2CCN(CC(=O)N3CCN(c4ccc(-c5cc(-c6ccc(N7CCN(CCc8ccccn8)CC7)nc6)c6c(C#N)cnn6c5)cc4)CC3)CC2)cc1. The molecule has 0 radical (unpaired) electrons. The number of anilines is 2. The van der Waals surface area contributed by atoms with E-state index in [1.54, 1.807) is 20.0 Å². The van der Waals surface area contributed by atoms with Gasteiger partial charge >= 0.3 is 0 Å². The van der Waals surface area contributed by atoms with Crippen molar-refractivity contribution < 1.29 is 14.4 Å². The van der Waals surface area contributed by atoms with Crippen molar-refractivity contribution in [3.05, 3.63) is 132 Å². The van der Waals surface area contributed by atoms with E-state index in [0.717, 1.165) is 136 Å². The minimum atomic E-state index is 0.0453. The number of pyridine rings is 3. The maximum absolute atomic E-state index is 13.3. The first-order valence-electron chi connectivity index (χ1n) is 26.7. The van der Waals surface area contributed by atoms with E-state index in [0.29, 0.717) is 30.9 Å². The molecule has 1 atom stereocenters. The molecule has 3 fully saturated rings. The van der Waals surface area contributed by atoms with Gasteiger partial charge in [-0.1, -0.05) is 82.6 Å². The van der Waals surface area contributed by atoms with Crippen LogP contribution >= 0.6 is 0 Å². The van der Waals surface area contributed by atoms with Gasteiger partial charge in [-0.15, -0.1) is 0 Å². The van der Waals surface area contributed by atoms with Crippen LogP contribution in [0.3, 0.4) is 0 Å². The number of carbonyl (C=O) groups is 3. The fraction of sp³-hybridized carbons (Fsp3) is 0.450. The molecule has 13 heteroatoms. The molecule has 1 amide bonds. The van der Waals surface area contributed by atoms with Crippen LogP contribution in [0.2, 0.25) is 0 Å². The third-order valence-corrected chi connectivity index (χ3v) is 14.2. The number of ketones is 2. The molecule has 0 saturated carbocycles. The number of hydrogen-bond acceptors (Lipinski definition) is 11. The van der Waals surface area contributed by atoms with Crippen LogP contribution in [0.15, 0.2) is 110 Å². The number of amides is 1. The highest BCUT2D eigenvalue weighted by Crippen LogP contribution is 2.34. The van der Waals surface area contributed by atoms with E-state index in [1.807, 2.05) is 68.7 Å². The van der Waals surface area contributed by atoms with Crippen LogP contribution in [0, 0.1) is 24.2 Å². The van der Waals surface area contributed by atoms with Crippen LogP contribution < -0.4 is 9.80 Å². The number of rotatable bonds is 14. The highest BCUT2D eigenvalue weighted by Gasteiger charge is 2.27. The molecule has 386 valence electrons. The van der Waals surface area contributed by atoms with Gasteiger partial charge in [0, 0.05) is 124 Å². The van der Waals surface area contributed by atoms with E-state index in [9.17, 15) is 19.6 Å². The van der Waals surface area contributed by atoms with Crippen molar-refractivity contribution in [1.82, 2.24) is 34.3 Å². The molecule has 0 bridgehead atoms. The number of piperidine rings is 1. The predicted octanol–water partition coefficient (Wildman–Crippen LogP) is 10.2. The lowest BCUT2D eigenvalue weighted by atomic mass is 9.89. The number of hydrogen-bond donors (Lipinski definition) is 0. The molecule has 7 heterocycles. The first-order valence-corrected chi connectivity index (χ1v) is 26.7. The monoisotopic (exact) mass is 987 g/mol. The maximum Gasteiger partial charge on any atom is 0.236 e. The lowest BCUT2D eigenvalue weighted by Crippen LogP contribution is -2.51. The fourth-order valence-electron chi connectivity index (χ4n) is 9.59. The summed E-state index contributed by atoms with van der Waals surface area (Å²) in [5.41, 5.74) is 10.3. The quantitative estimate of drug-likeness (QED) is 0.103. The summed E-state index contributed by atoms with van der Waals surface area (Å²) in [6, 6.07) is 32.4. The fourth-order valence-corrected chi connectivity index (χ4v) is 9.59. The zero-order valence-electron chi connectivity index (χ0n) is 44.8. The number of aryl methyl sites for hydroxylation is 1. The Balaban J connectivity index is 0.000000552. The summed E-state index contributed by atoms with van der Waals surface area (Å²) < 4.78 is 1.82. The zero-order valence-corrected chi connectivity index (χ0v) is 44.8. The predicted molar refractivity (Wildman–Crippen MR) is 296 cm³/mol. The smallest absolute Gasteiger partial charge is 0.236 e. The number of carbonyl (C=O) groups excluding carboxylic acids is 3. The lowest BCUT2D eigenvalue weighted by Gasteiger charge is -2.38. The Bertz CT molecular complexity index is 2690. The molecule has 4 aromatic heterocycles. The van der Waals surface area contributed by atoms with Crippen molar-refractivity contribution in [2.45, 2.75) is 93.4 Å². The second kappa shape index (κ2) is 27.9. The van der Waals surface area contributed by atoms with Crippen molar-refractivity contribution >= 4 is 34.5 Å². The van der Waals surface area contributed by atoms with Gasteiger partial charge in [-0.05, 0) is 113 Å². The third-order valence-electron chi connectivity index (χ3n) is 14.2. The number of likely N-dealkylation sites (tertiary alicyclic amines) is 1. The number of Topliss-reactive ketones (excluding diaryl/α,β-unsaturated/α-hetero) is 2. The molecule has 0 aliphatic carbocycles. The second-order valence-corrected chi connectivity index (χ2v) is 19.0. The van der Waals surface area contributed by atoms with Crippen molar-refractivity contribution in [3.63, 3.8) is 0 Å². The Labute approximate surface area is 434 Å². The van der Waals surface area contributed by atoms with Crippen LogP contribution in [0.25, 0.3) is 27.8 Å². The van der Waals surface area contributed by atoms with Crippen molar-refractivity contribution in [3.8, 4) is 28.3 Å². The molecule has 3 aliphatic heterocycles. The molecule has 0 N–H and O–H groups in total. The average molecular weight is 987 g/mol. The zero-order chi connectivity index (χ0) is 52.3. The van der Waals surface area contributed by atoms with Crippen molar-refractivity contribution in [1.29, 1.82) is 5.26 Å². The summed E-state index contributed by atoms with van der Waals surface area (Å²) in [5.74, 6) is 2.17. The third kappa shape index (κ3) is 15.4. The standard InChI is InChI=1S/C48H52N10O.C8H14O2.2C2H6/c1-36-5-7-37(8-6-36)39-15-19-54(20-16-39)35-47(59)57-28-26-55(27-29-57)44-12-9-38(10-13-44)41-30-45(48-42(31-49)33-52-58(48)34-41)40-11-14-46(51-32-40)56-24-22-53(23-25-56)21-17-43-4-2-3-18-50-43;1-6(8(3)10)4-5-7(2)9;2*1-2/h2-14,18,30,32-34,39H,15-17,19-29,35H2,1H3;6H,4-5H2,1-3H3;2*1-2H3. The first kappa shape index (κ1) is 55.6. The minimum absolute atomic E-state index is 0.0453. The van der Waals surface area contributed by atoms with Crippen LogP contribution in [0.4, 0.5) is 11.5 Å². The Morgan fingerprint density at radius 2 is 1.40 bits per heavy atom. The first-order chi connectivity index (χ1) is 35.5. The van der Waals surface area contributed by atoms with E-state index in [-0.39, 0.29) is 23.4 Å². The average Bonchev–Trinajstić information content (AvgIpc) is 3.87. The van der Waals surface area contributed by atoms with Gasteiger partial charge in [0.2, 0.25) is 5.91 Å². The largest absolute Gasteiger partial charge is 0.368 e. The normalized spacial score (nSPS) is 15.7. The Morgan fingerprint density at radius 1 is 0.726 bits per heavy atom. The number of aromatic nitrogens is 4. The Kier molecular flexibility index (Phi) is 21.2. The van der Waals surface area contributed by atoms with Gasteiger partial charge in [0.05, 0.1) is 23.8 Å². The van der Waals surface area contributed by atoms with Gasteiger partial charge < -0.3 is 19.5 Å². The van der Waals surface area contributed by atoms with Gasteiger partial charge in [0.1, 0.15) is 23.5 Å². The van der Waals surface area contributed by atoms with Gasteiger partial charge in [0.25, 0.3) is 0 Å². The number of fused-ring (bicyclic) bond motifs is 1. The molecule has 3 saturated heterocycles. The van der Waals surface area contributed by atoms with E-state index >= 15 is 0 Å². The van der Waals surface area contributed by atoms with Crippen LogP contribution in [-0.2, 0) is 20.8 Å². The number of nitrogens with zero attached hydrogens (tertiary/aromatic N) is 10. The number of benzene rings is 2. The molecule has 6 aromatic rings. The van der Waals surface area contributed by atoms with Crippen LogP contribution in [0.1, 0.15) is 102 Å². The van der Waals surface area contributed by atoms with Gasteiger partial charge in [-0.3, -0.25) is 24.4 Å².